The average Bonchev–Trinajstić information content (AvgIpc) is 3.15. The van der Waals surface area contributed by atoms with Crippen molar-refractivity contribution in [1.29, 1.82) is 0 Å². The van der Waals surface area contributed by atoms with Gasteiger partial charge in [0.2, 0.25) is 0 Å². The molecule has 1 aliphatic rings. The second kappa shape index (κ2) is 7.71. The molecule has 3 aromatic rings. The lowest BCUT2D eigenvalue weighted by Crippen LogP contribution is -2.40. The predicted molar refractivity (Wildman–Crippen MR) is 107 cm³/mol. The third-order valence-electron chi connectivity index (χ3n) is 5.55. The monoisotopic (exact) mass is 382 g/mol. The maximum atomic E-state index is 12.9. The van der Waals surface area contributed by atoms with Gasteiger partial charge < -0.3 is 10.6 Å². The molecule has 5 nitrogen and oxygen atoms in total. The second-order valence-electron chi connectivity index (χ2n) is 7.10. The highest BCUT2D eigenvalue weighted by molar-refractivity contribution is 6.33. The molecule has 1 amide bonds. The number of piperidine rings is 1. The number of likely N-dealkylation sites (tertiary alicyclic amines) is 1. The van der Waals surface area contributed by atoms with Crippen molar-refractivity contribution in [3.63, 3.8) is 0 Å². The van der Waals surface area contributed by atoms with Crippen LogP contribution < -0.4 is 5.73 Å². The Bertz CT molecular complexity index is 932. The molecule has 1 aliphatic heterocycles. The van der Waals surface area contributed by atoms with Gasteiger partial charge in [-0.2, -0.15) is 5.10 Å². The van der Waals surface area contributed by atoms with E-state index in [0.717, 1.165) is 31.4 Å². The van der Waals surface area contributed by atoms with Crippen molar-refractivity contribution < 1.29 is 4.79 Å². The first kappa shape index (κ1) is 18.0. The van der Waals surface area contributed by atoms with Gasteiger partial charge in [-0.3, -0.25) is 4.79 Å². The van der Waals surface area contributed by atoms with Crippen molar-refractivity contribution in [3.05, 3.63) is 71.0 Å². The minimum atomic E-state index is -0.0303. The van der Waals surface area contributed by atoms with E-state index in [0.29, 0.717) is 29.1 Å². The zero-order valence-electron chi connectivity index (χ0n) is 15.1. The van der Waals surface area contributed by atoms with Crippen LogP contribution in [-0.4, -0.2) is 40.1 Å². The molecule has 2 aromatic heterocycles. The Labute approximate surface area is 163 Å². The number of nitrogens with two attached hydrogens (primary N) is 1. The van der Waals surface area contributed by atoms with Gasteiger partial charge in [-0.1, -0.05) is 41.9 Å². The molecular formula is C21H23ClN4O. The van der Waals surface area contributed by atoms with Crippen LogP contribution in [0.25, 0.3) is 5.52 Å². The molecule has 0 spiro atoms. The Morgan fingerprint density at radius 3 is 2.59 bits per heavy atom. The van der Waals surface area contributed by atoms with E-state index in [4.69, 9.17) is 17.3 Å². The van der Waals surface area contributed by atoms with E-state index < -0.39 is 0 Å². The number of fused-ring (bicyclic) bond motifs is 1. The summed E-state index contributed by atoms with van der Waals surface area (Å²) in [4.78, 5) is 14.8. The summed E-state index contributed by atoms with van der Waals surface area (Å²) in [6.07, 6.45) is 3.71. The van der Waals surface area contributed by atoms with Gasteiger partial charge in [0.25, 0.3) is 5.91 Å². The molecule has 3 heterocycles. The molecule has 0 bridgehead atoms. The Hall–Kier alpha value is -2.37. The van der Waals surface area contributed by atoms with Gasteiger partial charge in [0.1, 0.15) is 0 Å². The number of rotatable bonds is 4. The van der Waals surface area contributed by atoms with Crippen LogP contribution >= 0.6 is 11.6 Å². The van der Waals surface area contributed by atoms with Gasteiger partial charge in [-0.15, -0.1) is 0 Å². The van der Waals surface area contributed by atoms with Gasteiger partial charge in [0.15, 0.2) is 5.69 Å². The van der Waals surface area contributed by atoms with Crippen molar-refractivity contribution in [1.82, 2.24) is 14.5 Å². The highest BCUT2D eigenvalue weighted by Gasteiger charge is 2.30. The third-order valence-corrected chi connectivity index (χ3v) is 5.87. The number of halogens is 1. The van der Waals surface area contributed by atoms with Gasteiger partial charge in [0, 0.05) is 19.3 Å². The highest BCUT2D eigenvalue weighted by Crippen LogP contribution is 2.32. The van der Waals surface area contributed by atoms with Crippen LogP contribution in [0.1, 0.15) is 34.8 Å². The Morgan fingerprint density at radius 2 is 1.93 bits per heavy atom. The van der Waals surface area contributed by atoms with E-state index in [1.165, 1.54) is 5.56 Å². The number of benzene rings is 1. The molecule has 0 radical (unpaired) electrons. The molecule has 2 N–H and O–H groups in total. The average molecular weight is 383 g/mol. The summed E-state index contributed by atoms with van der Waals surface area (Å²) in [6, 6.07) is 15.8. The Morgan fingerprint density at radius 1 is 1.19 bits per heavy atom. The summed E-state index contributed by atoms with van der Waals surface area (Å²) in [5, 5.41) is 4.98. The lowest BCUT2D eigenvalue weighted by molar-refractivity contribution is 0.0672. The number of amides is 1. The smallest absolute Gasteiger partial charge is 0.274 e. The summed E-state index contributed by atoms with van der Waals surface area (Å²) in [7, 11) is 0. The standard InChI is InChI=1S/C21H23ClN4O/c22-18-7-4-10-26-20(18)13-19(24-26)21(27)25-11-8-16(9-12-25)17(14-23)15-5-2-1-3-6-15/h1-7,10,13,16-17H,8-9,11-12,14,23H2. The van der Waals surface area contributed by atoms with Gasteiger partial charge in [0.05, 0.1) is 10.5 Å². The summed E-state index contributed by atoms with van der Waals surface area (Å²) in [5.74, 6) is 0.812. The summed E-state index contributed by atoms with van der Waals surface area (Å²) >= 11 is 6.19. The number of hydrogen-bond donors (Lipinski definition) is 1. The van der Waals surface area contributed by atoms with Crippen molar-refractivity contribution in [2.75, 3.05) is 19.6 Å². The van der Waals surface area contributed by atoms with E-state index in [9.17, 15) is 4.79 Å². The molecule has 1 atom stereocenters. The zero-order valence-corrected chi connectivity index (χ0v) is 15.8. The van der Waals surface area contributed by atoms with Crippen molar-refractivity contribution in [3.8, 4) is 0 Å². The lowest BCUT2D eigenvalue weighted by atomic mass is 9.80. The summed E-state index contributed by atoms with van der Waals surface area (Å²) < 4.78 is 1.65. The van der Waals surface area contributed by atoms with Gasteiger partial charge >= 0.3 is 0 Å². The van der Waals surface area contributed by atoms with Crippen LogP contribution in [0, 0.1) is 5.92 Å². The van der Waals surface area contributed by atoms with Crippen molar-refractivity contribution in [2.45, 2.75) is 18.8 Å². The molecule has 1 unspecified atom stereocenters. The molecule has 0 saturated carbocycles. The molecule has 1 fully saturated rings. The normalized spacial score (nSPS) is 16.6. The van der Waals surface area contributed by atoms with E-state index in [1.807, 2.05) is 17.0 Å². The predicted octanol–water partition coefficient (Wildman–Crippen LogP) is 3.58. The number of aromatic nitrogens is 2. The SMILES string of the molecule is NCC(c1ccccc1)C1CCN(C(=O)c2cc3c(Cl)cccn3n2)CC1. The number of carbonyl (C=O) groups excluding carboxylic acids is 1. The molecule has 27 heavy (non-hydrogen) atoms. The van der Waals surface area contributed by atoms with Crippen LogP contribution in [0.5, 0.6) is 0 Å². The zero-order chi connectivity index (χ0) is 18.8. The Kier molecular flexibility index (Phi) is 5.14. The van der Waals surface area contributed by atoms with Crippen LogP contribution in [-0.2, 0) is 0 Å². The first-order valence-electron chi connectivity index (χ1n) is 9.35. The number of nitrogens with zero attached hydrogens (tertiary/aromatic N) is 3. The van der Waals surface area contributed by atoms with Crippen molar-refractivity contribution >= 4 is 23.0 Å². The fourth-order valence-corrected chi connectivity index (χ4v) is 4.27. The van der Waals surface area contributed by atoms with E-state index in [-0.39, 0.29) is 5.91 Å². The van der Waals surface area contributed by atoms with Crippen LogP contribution in [0.4, 0.5) is 0 Å². The molecule has 1 saturated heterocycles. The van der Waals surface area contributed by atoms with Crippen LogP contribution in [0.3, 0.4) is 0 Å². The first-order valence-corrected chi connectivity index (χ1v) is 9.73. The maximum absolute atomic E-state index is 12.9. The summed E-state index contributed by atoms with van der Waals surface area (Å²) in [6.45, 7) is 2.09. The van der Waals surface area contributed by atoms with E-state index in [1.54, 1.807) is 22.8 Å². The number of carbonyl (C=O) groups is 1. The minimum absolute atomic E-state index is 0.0303. The number of pyridine rings is 1. The van der Waals surface area contributed by atoms with E-state index >= 15 is 0 Å². The van der Waals surface area contributed by atoms with E-state index in [2.05, 4.69) is 29.4 Å². The van der Waals surface area contributed by atoms with Gasteiger partial charge in [-0.05, 0) is 55.0 Å². The Balaban J connectivity index is 1.45. The second-order valence-corrected chi connectivity index (χ2v) is 7.51. The van der Waals surface area contributed by atoms with Gasteiger partial charge in [-0.25, -0.2) is 4.52 Å². The van der Waals surface area contributed by atoms with Crippen LogP contribution in [0.15, 0.2) is 54.7 Å². The topological polar surface area (TPSA) is 63.6 Å². The fourth-order valence-electron chi connectivity index (χ4n) is 4.05. The molecule has 1 aromatic carbocycles. The summed E-state index contributed by atoms with van der Waals surface area (Å²) in [5.41, 5.74) is 8.56. The largest absolute Gasteiger partial charge is 0.337 e. The lowest BCUT2D eigenvalue weighted by Gasteiger charge is -2.35. The van der Waals surface area contributed by atoms with Crippen molar-refractivity contribution in [2.24, 2.45) is 11.7 Å². The molecule has 6 heteroatoms. The quantitative estimate of drug-likeness (QED) is 0.750. The molecular weight excluding hydrogens is 360 g/mol. The molecule has 0 aliphatic carbocycles. The molecule has 140 valence electrons. The maximum Gasteiger partial charge on any atom is 0.274 e. The van der Waals surface area contributed by atoms with Crippen LogP contribution in [0.2, 0.25) is 5.02 Å². The molecule has 4 rings (SSSR count). The first-order chi connectivity index (χ1) is 13.2. The minimum Gasteiger partial charge on any atom is -0.337 e. The number of hydrogen-bond acceptors (Lipinski definition) is 3. The highest BCUT2D eigenvalue weighted by atomic mass is 35.5. The third kappa shape index (κ3) is 3.57. The fraction of sp³-hybridized carbons (Fsp3) is 0.333.